The Hall–Kier alpha value is -2.46. The average Bonchev–Trinajstić information content (AvgIpc) is 2.56. The molecule has 0 aliphatic heterocycles. The molecular formula is C19H22N3O+. The molecule has 0 saturated heterocycles. The topological polar surface area (TPSA) is 51.5 Å². The Balaban J connectivity index is 1.74. The van der Waals surface area contributed by atoms with Gasteiger partial charge in [0.15, 0.2) is 0 Å². The largest absolute Gasteiger partial charge is 0.341 e. The molecule has 3 rings (SSSR count). The third-order valence-electron chi connectivity index (χ3n) is 4.16. The lowest BCUT2D eigenvalue weighted by molar-refractivity contribution is -0.671. The molecule has 0 fully saturated rings. The third kappa shape index (κ3) is 3.32. The summed E-state index contributed by atoms with van der Waals surface area (Å²) in [5.41, 5.74) is 3.22. The smallest absolute Gasteiger partial charge is 0.261 e. The quantitative estimate of drug-likeness (QED) is 0.731. The van der Waals surface area contributed by atoms with E-state index in [-0.39, 0.29) is 5.56 Å². The molecule has 0 spiro atoms. The maximum absolute atomic E-state index is 12.7. The fourth-order valence-corrected chi connectivity index (χ4v) is 2.86. The van der Waals surface area contributed by atoms with Crippen LogP contribution in [0.5, 0.6) is 0 Å². The SMILES string of the molecule is Cc1cccc2c(=O)n(CC[NH2+]Cc3ccccc3)c(C)nc12. The lowest BCUT2D eigenvalue weighted by Gasteiger charge is -2.11. The first-order valence-electron chi connectivity index (χ1n) is 7.99. The van der Waals surface area contributed by atoms with Gasteiger partial charge in [-0.15, -0.1) is 0 Å². The number of aromatic nitrogens is 2. The van der Waals surface area contributed by atoms with Crippen molar-refractivity contribution in [2.75, 3.05) is 6.54 Å². The standard InChI is InChI=1S/C19H21N3O/c1-14-7-6-10-17-18(14)21-15(2)22(19(17)23)12-11-20-13-16-8-4-3-5-9-16/h3-10,20H,11-13H2,1-2H3/p+1. The van der Waals surface area contributed by atoms with Crippen LogP contribution in [0.25, 0.3) is 10.9 Å². The van der Waals surface area contributed by atoms with Crippen molar-refractivity contribution in [3.8, 4) is 0 Å². The Labute approximate surface area is 135 Å². The van der Waals surface area contributed by atoms with Gasteiger partial charge < -0.3 is 5.32 Å². The van der Waals surface area contributed by atoms with Crippen molar-refractivity contribution in [2.24, 2.45) is 0 Å². The van der Waals surface area contributed by atoms with Gasteiger partial charge in [-0.25, -0.2) is 4.98 Å². The van der Waals surface area contributed by atoms with E-state index in [1.807, 2.05) is 50.2 Å². The molecule has 0 atom stereocenters. The summed E-state index contributed by atoms with van der Waals surface area (Å²) in [5.74, 6) is 0.782. The van der Waals surface area contributed by atoms with Crippen LogP contribution < -0.4 is 10.9 Å². The third-order valence-corrected chi connectivity index (χ3v) is 4.16. The highest BCUT2D eigenvalue weighted by atomic mass is 16.1. The monoisotopic (exact) mass is 308 g/mol. The first kappa shape index (κ1) is 15.4. The van der Waals surface area contributed by atoms with E-state index in [0.29, 0.717) is 11.9 Å². The number of rotatable bonds is 5. The zero-order chi connectivity index (χ0) is 16.2. The van der Waals surface area contributed by atoms with Gasteiger partial charge in [0, 0.05) is 5.56 Å². The molecule has 4 heteroatoms. The predicted octanol–water partition coefficient (Wildman–Crippen LogP) is 1.78. The van der Waals surface area contributed by atoms with Crippen LogP contribution in [0.3, 0.4) is 0 Å². The van der Waals surface area contributed by atoms with Crippen molar-refractivity contribution in [1.82, 2.24) is 9.55 Å². The second-order valence-corrected chi connectivity index (χ2v) is 5.85. The second-order valence-electron chi connectivity index (χ2n) is 5.85. The van der Waals surface area contributed by atoms with E-state index in [9.17, 15) is 4.79 Å². The van der Waals surface area contributed by atoms with Crippen molar-refractivity contribution < 1.29 is 5.32 Å². The lowest BCUT2D eigenvalue weighted by Crippen LogP contribution is -2.83. The summed E-state index contributed by atoms with van der Waals surface area (Å²) >= 11 is 0. The molecule has 0 saturated carbocycles. The number of nitrogens with two attached hydrogens (primary N) is 1. The van der Waals surface area contributed by atoms with Crippen LogP contribution in [0.15, 0.2) is 53.3 Å². The minimum absolute atomic E-state index is 0.0595. The summed E-state index contributed by atoms with van der Waals surface area (Å²) in [7, 11) is 0. The number of aryl methyl sites for hydroxylation is 2. The maximum Gasteiger partial charge on any atom is 0.261 e. The van der Waals surface area contributed by atoms with Crippen LogP contribution in [-0.4, -0.2) is 16.1 Å². The zero-order valence-electron chi connectivity index (χ0n) is 13.6. The minimum atomic E-state index is 0.0595. The van der Waals surface area contributed by atoms with Gasteiger partial charge in [-0.05, 0) is 25.5 Å². The molecule has 0 bridgehead atoms. The second kappa shape index (κ2) is 6.75. The van der Waals surface area contributed by atoms with Gasteiger partial charge in [0.25, 0.3) is 5.56 Å². The fraction of sp³-hybridized carbons (Fsp3) is 0.263. The van der Waals surface area contributed by atoms with Crippen LogP contribution >= 0.6 is 0 Å². The van der Waals surface area contributed by atoms with E-state index in [1.54, 1.807) is 4.57 Å². The molecule has 118 valence electrons. The number of fused-ring (bicyclic) bond motifs is 1. The molecule has 2 aromatic carbocycles. The van der Waals surface area contributed by atoms with E-state index in [2.05, 4.69) is 22.4 Å². The molecule has 4 nitrogen and oxygen atoms in total. The number of hydrogen-bond donors (Lipinski definition) is 1. The van der Waals surface area contributed by atoms with Crippen LogP contribution in [0.2, 0.25) is 0 Å². The van der Waals surface area contributed by atoms with Crippen molar-refractivity contribution in [3.05, 3.63) is 75.8 Å². The summed E-state index contributed by atoms with van der Waals surface area (Å²) in [5, 5.41) is 2.93. The zero-order valence-corrected chi connectivity index (χ0v) is 13.6. The molecule has 2 N–H and O–H groups in total. The summed E-state index contributed by atoms with van der Waals surface area (Å²) in [6.45, 7) is 6.36. The molecule has 0 aliphatic carbocycles. The molecule has 23 heavy (non-hydrogen) atoms. The molecule has 1 aromatic heterocycles. The van der Waals surface area contributed by atoms with E-state index in [4.69, 9.17) is 0 Å². The van der Waals surface area contributed by atoms with Crippen molar-refractivity contribution in [3.63, 3.8) is 0 Å². The van der Waals surface area contributed by atoms with Crippen LogP contribution in [0.4, 0.5) is 0 Å². The predicted molar refractivity (Wildman–Crippen MR) is 92.4 cm³/mol. The van der Waals surface area contributed by atoms with Gasteiger partial charge in [0.1, 0.15) is 12.4 Å². The van der Waals surface area contributed by atoms with E-state index in [0.717, 1.165) is 30.0 Å². The van der Waals surface area contributed by atoms with Crippen LogP contribution in [0.1, 0.15) is 17.0 Å². The van der Waals surface area contributed by atoms with Crippen molar-refractivity contribution >= 4 is 10.9 Å². The van der Waals surface area contributed by atoms with Crippen molar-refractivity contribution in [1.29, 1.82) is 0 Å². The molecule has 0 aliphatic rings. The molecule has 1 heterocycles. The lowest BCUT2D eigenvalue weighted by atomic mass is 10.1. The van der Waals surface area contributed by atoms with Gasteiger partial charge in [-0.3, -0.25) is 9.36 Å². The van der Waals surface area contributed by atoms with Gasteiger partial charge in [0.2, 0.25) is 0 Å². The van der Waals surface area contributed by atoms with Crippen LogP contribution in [0, 0.1) is 13.8 Å². The summed E-state index contributed by atoms with van der Waals surface area (Å²) in [4.78, 5) is 17.3. The molecule has 0 unspecified atom stereocenters. The van der Waals surface area contributed by atoms with E-state index >= 15 is 0 Å². The summed E-state index contributed by atoms with van der Waals surface area (Å²) in [6.07, 6.45) is 0. The van der Waals surface area contributed by atoms with Gasteiger partial charge in [-0.1, -0.05) is 42.5 Å². The highest BCUT2D eigenvalue weighted by molar-refractivity contribution is 5.80. The number of para-hydroxylation sites is 1. The first-order chi connectivity index (χ1) is 11.2. The molecule has 0 amide bonds. The first-order valence-corrected chi connectivity index (χ1v) is 7.99. The average molecular weight is 308 g/mol. The van der Waals surface area contributed by atoms with Gasteiger partial charge in [0.05, 0.1) is 24.0 Å². The summed E-state index contributed by atoms with van der Waals surface area (Å²) in [6, 6.07) is 16.1. The highest BCUT2D eigenvalue weighted by Gasteiger charge is 2.09. The number of hydrogen-bond acceptors (Lipinski definition) is 2. The number of benzene rings is 2. The molecule has 3 aromatic rings. The summed E-state index contributed by atoms with van der Waals surface area (Å²) < 4.78 is 1.78. The maximum atomic E-state index is 12.7. The minimum Gasteiger partial charge on any atom is -0.341 e. The highest BCUT2D eigenvalue weighted by Crippen LogP contribution is 2.12. The van der Waals surface area contributed by atoms with Crippen LogP contribution in [-0.2, 0) is 13.1 Å². The number of nitrogens with zero attached hydrogens (tertiary/aromatic N) is 2. The van der Waals surface area contributed by atoms with Crippen molar-refractivity contribution in [2.45, 2.75) is 26.9 Å². The Morgan fingerprint density at radius 2 is 1.83 bits per heavy atom. The fourth-order valence-electron chi connectivity index (χ4n) is 2.86. The normalized spacial score (nSPS) is 11.0. The Bertz CT molecular complexity index is 869. The van der Waals surface area contributed by atoms with Gasteiger partial charge >= 0.3 is 0 Å². The molecule has 0 radical (unpaired) electrons. The molecular weight excluding hydrogens is 286 g/mol. The van der Waals surface area contributed by atoms with E-state index < -0.39 is 0 Å². The van der Waals surface area contributed by atoms with E-state index in [1.165, 1.54) is 5.56 Å². The Kier molecular flexibility index (Phi) is 4.53. The number of quaternary nitrogens is 1. The Morgan fingerprint density at radius 1 is 1.04 bits per heavy atom. The van der Waals surface area contributed by atoms with Gasteiger partial charge in [-0.2, -0.15) is 0 Å². The Morgan fingerprint density at radius 3 is 2.61 bits per heavy atom.